The van der Waals surface area contributed by atoms with Gasteiger partial charge in [-0.1, -0.05) is 6.07 Å². The van der Waals surface area contributed by atoms with E-state index in [0.717, 1.165) is 24.3 Å². The van der Waals surface area contributed by atoms with Crippen LogP contribution in [0.5, 0.6) is 5.75 Å². The van der Waals surface area contributed by atoms with Crippen molar-refractivity contribution in [3.8, 4) is 5.75 Å². The average Bonchev–Trinajstić information content (AvgIpc) is 2.55. The summed E-state index contributed by atoms with van der Waals surface area (Å²) in [5, 5.41) is 2.91. The van der Waals surface area contributed by atoms with Crippen molar-refractivity contribution < 1.29 is 14.1 Å². The van der Waals surface area contributed by atoms with Gasteiger partial charge in [0.05, 0.1) is 7.11 Å². The van der Waals surface area contributed by atoms with Gasteiger partial charge in [-0.25, -0.2) is 0 Å². The van der Waals surface area contributed by atoms with Crippen molar-refractivity contribution in [1.82, 2.24) is 0 Å². The zero-order valence-corrected chi connectivity index (χ0v) is 12.8. The molecule has 1 aromatic carbocycles. The SMILES string of the molecule is COc1cccc(NC(=O)C[n+]2ccc3c(c2)CCCC3)c1. The van der Waals surface area contributed by atoms with Gasteiger partial charge in [-0.2, -0.15) is 4.57 Å². The number of carbonyl (C=O) groups is 1. The predicted molar refractivity (Wildman–Crippen MR) is 84.9 cm³/mol. The fourth-order valence-electron chi connectivity index (χ4n) is 2.88. The lowest BCUT2D eigenvalue weighted by Gasteiger charge is -2.13. The molecule has 0 unspecified atom stereocenters. The summed E-state index contributed by atoms with van der Waals surface area (Å²) < 4.78 is 7.12. The van der Waals surface area contributed by atoms with Crippen molar-refractivity contribution >= 4 is 11.6 Å². The molecule has 0 bridgehead atoms. The van der Waals surface area contributed by atoms with E-state index in [0.29, 0.717) is 6.54 Å². The van der Waals surface area contributed by atoms with Crippen molar-refractivity contribution in [2.24, 2.45) is 0 Å². The van der Waals surface area contributed by atoms with Crippen LogP contribution in [0.3, 0.4) is 0 Å². The molecule has 1 heterocycles. The van der Waals surface area contributed by atoms with Crippen LogP contribution in [0.1, 0.15) is 24.0 Å². The molecule has 4 nitrogen and oxygen atoms in total. The van der Waals surface area contributed by atoms with E-state index in [1.807, 2.05) is 35.0 Å². The number of carbonyl (C=O) groups excluding carboxylic acids is 1. The first-order valence-corrected chi connectivity index (χ1v) is 7.69. The summed E-state index contributed by atoms with van der Waals surface area (Å²) in [5.41, 5.74) is 3.56. The van der Waals surface area contributed by atoms with Crippen molar-refractivity contribution in [3.63, 3.8) is 0 Å². The second-order valence-electron chi connectivity index (χ2n) is 5.65. The molecule has 3 rings (SSSR count). The second kappa shape index (κ2) is 6.60. The number of nitrogens with zero attached hydrogens (tertiary/aromatic N) is 1. The van der Waals surface area contributed by atoms with Crippen LogP contribution in [0.25, 0.3) is 0 Å². The molecule has 0 fully saturated rings. The lowest BCUT2D eigenvalue weighted by molar-refractivity contribution is -0.684. The monoisotopic (exact) mass is 297 g/mol. The number of fused-ring (bicyclic) bond motifs is 1. The fourth-order valence-corrected chi connectivity index (χ4v) is 2.88. The van der Waals surface area contributed by atoms with Gasteiger partial charge in [0, 0.05) is 23.4 Å². The van der Waals surface area contributed by atoms with Crippen LogP contribution >= 0.6 is 0 Å². The Kier molecular flexibility index (Phi) is 4.37. The number of rotatable bonds is 4. The number of anilines is 1. The van der Waals surface area contributed by atoms with E-state index < -0.39 is 0 Å². The van der Waals surface area contributed by atoms with E-state index in [9.17, 15) is 4.79 Å². The van der Waals surface area contributed by atoms with Crippen LogP contribution < -0.4 is 14.6 Å². The predicted octanol–water partition coefficient (Wildman–Crippen LogP) is 2.50. The van der Waals surface area contributed by atoms with E-state index >= 15 is 0 Å². The summed E-state index contributed by atoms with van der Waals surface area (Å²) in [4.78, 5) is 12.2. The van der Waals surface area contributed by atoms with Gasteiger partial charge in [0.2, 0.25) is 6.54 Å². The van der Waals surface area contributed by atoms with Crippen LogP contribution in [-0.2, 0) is 24.2 Å². The zero-order valence-electron chi connectivity index (χ0n) is 12.8. The Hall–Kier alpha value is -2.36. The zero-order chi connectivity index (χ0) is 15.4. The Morgan fingerprint density at radius 3 is 2.86 bits per heavy atom. The molecule has 0 aliphatic heterocycles. The Bertz CT molecular complexity index is 683. The standard InChI is InChI=1S/C18H20N2O2/c1-22-17-8-4-7-16(11-17)19-18(21)13-20-10-9-14-5-2-3-6-15(14)12-20/h4,7-12H,2-3,5-6,13H2,1H3/p+1. The number of hydrogen-bond donors (Lipinski definition) is 1. The van der Waals surface area contributed by atoms with Crippen molar-refractivity contribution in [2.45, 2.75) is 32.2 Å². The average molecular weight is 297 g/mol. The molecular formula is C18H21N2O2+. The molecule has 2 aromatic rings. The number of pyridine rings is 1. The maximum atomic E-state index is 12.2. The third kappa shape index (κ3) is 3.45. The number of amides is 1. The molecule has 0 radical (unpaired) electrons. The topological polar surface area (TPSA) is 42.2 Å². The number of methoxy groups -OCH3 is 1. The smallest absolute Gasteiger partial charge is 0.290 e. The highest BCUT2D eigenvalue weighted by atomic mass is 16.5. The minimum absolute atomic E-state index is 0.0333. The number of aryl methyl sites for hydroxylation is 2. The number of hydrogen-bond acceptors (Lipinski definition) is 2. The maximum Gasteiger partial charge on any atom is 0.290 e. The number of ether oxygens (including phenoxy) is 1. The molecule has 1 amide bonds. The van der Waals surface area contributed by atoms with Gasteiger partial charge in [0.25, 0.3) is 5.91 Å². The minimum atomic E-state index is -0.0333. The highest BCUT2D eigenvalue weighted by Gasteiger charge is 2.15. The largest absolute Gasteiger partial charge is 0.497 e. The number of nitrogens with one attached hydrogen (secondary N) is 1. The molecular weight excluding hydrogens is 276 g/mol. The van der Waals surface area contributed by atoms with Crippen molar-refractivity contribution in [3.05, 3.63) is 53.9 Å². The van der Waals surface area contributed by atoms with E-state index in [1.165, 1.54) is 24.0 Å². The van der Waals surface area contributed by atoms with Crippen LogP contribution in [0.2, 0.25) is 0 Å². The lowest BCUT2D eigenvalue weighted by Crippen LogP contribution is -2.40. The second-order valence-corrected chi connectivity index (χ2v) is 5.65. The summed E-state index contributed by atoms with van der Waals surface area (Å²) in [6.07, 6.45) is 8.90. The first kappa shape index (κ1) is 14.6. The Labute approximate surface area is 130 Å². The molecule has 22 heavy (non-hydrogen) atoms. The first-order valence-electron chi connectivity index (χ1n) is 7.69. The minimum Gasteiger partial charge on any atom is -0.497 e. The summed E-state index contributed by atoms with van der Waals surface area (Å²) in [5.74, 6) is 0.702. The van der Waals surface area contributed by atoms with E-state index in [1.54, 1.807) is 7.11 Å². The van der Waals surface area contributed by atoms with E-state index in [4.69, 9.17) is 4.74 Å². The van der Waals surface area contributed by atoms with Crippen LogP contribution in [0.15, 0.2) is 42.7 Å². The highest BCUT2D eigenvalue weighted by Crippen LogP contribution is 2.19. The van der Waals surface area contributed by atoms with E-state index in [-0.39, 0.29) is 5.91 Å². The normalized spacial score (nSPS) is 13.3. The van der Waals surface area contributed by atoms with Gasteiger partial charge >= 0.3 is 0 Å². The van der Waals surface area contributed by atoms with Gasteiger partial charge in [-0.05, 0) is 43.4 Å². The molecule has 114 valence electrons. The summed E-state index contributed by atoms with van der Waals surface area (Å²) in [6, 6.07) is 9.54. The van der Waals surface area contributed by atoms with Crippen molar-refractivity contribution in [2.75, 3.05) is 12.4 Å². The number of benzene rings is 1. The molecule has 0 saturated heterocycles. The van der Waals surface area contributed by atoms with Crippen molar-refractivity contribution in [1.29, 1.82) is 0 Å². The van der Waals surface area contributed by atoms with Gasteiger partial charge in [-0.3, -0.25) is 4.79 Å². The summed E-state index contributed by atoms with van der Waals surface area (Å²) in [6.45, 7) is 0.324. The third-order valence-electron chi connectivity index (χ3n) is 4.02. The van der Waals surface area contributed by atoms with Gasteiger partial charge in [-0.15, -0.1) is 0 Å². The fraction of sp³-hybridized carbons (Fsp3) is 0.333. The Morgan fingerprint density at radius 2 is 2.05 bits per heavy atom. The Balaban J connectivity index is 1.66. The molecule has 0 atom stereocenters. The molecule has 1 N–H and O–H groups in total. The molecule has 4 heteroatoms. The first-order chi connectivity index (χ1) is 10.7. The summed E-state index contributed by atoms with van der Waals surface area (Å²) in [7, 11) is 1.61. The van der Waals surface area contributed by atoms with Crippen LogP contribution in [0.4, 0.5) is 5.69 Å². The highest BCUT2D eigenvalue weighted by molar-refractivity contribution is 5.89. The third-order valence-corrected chi connectivity index (χ3v) is 4.02. The lowest BCUT2D eigenvalue weighted by atomic mass is 9.93. The van der Waals surface area contributed by atoms with Crippen LogP contribution in [0, 0.1) is 0 Å². The van der Waals surface area contributed by atoms with Gasteiger partial charge < -0.3 is 10.1 Å². The molecule has 1 aromatic heterocycles. The maximum absolute atomic E-state index is 12.2. The van der Waals surface area contributed by atoms with Gasteiger partial charge in [0.1, 0.15) is 5.75 Å². The summed E-state index contributed by atoms with van der Waals surface area (Å²) >= 11 is 0. The quantitative estimate of drug-likeness (QED) is 0.881. The molecule has 0 saturated carbocycles. The molecule has 1 aliphatic carbocycles. The van der Waals surface area contributed by atoms with E-state index in [2.05, 4.69) is 17.6 Å². The molecule has 1 aliphatic rings. The number of aromatic nitrogens is 1. The van der Waals surface area contributed by atoms with Gasteiger partial charge in [0.15, 0.2) is 12.4 Å². The molecule has 0 spiro atoms. The Morgan fingerprint density at radius 1 is 1.23 bits per heavy atom. The van der Waals surface area contributed by atoms with Crippen LogP contribution in [-0.4, -0.2) is 13.0 Å².